The molecular formula is C3H8O8S. The lowest BCUT2D eigenvalue weighted by Crippen LogP contribution is -2.22. The molecule has 0 bridgehead atoms. The number of aliphatic carboxylic acids is 1. The molecule has 9 heteroatoms. The van der Waals surface area contributed by atoms with Gasteiger partial charge < -0.3 is 15.3 Å². The first-order valence-corrected chi connectivity index (χ1v) is 3.79. The molecule has 0 aromatic heterocycles. The molecule has 74 valence electrons. The predicted octanol–water partition coefficient (Wildman–Crippen LogP) is -2.23. The minimum atomic E-state index is -4.67. The van der Waals surface area contributed by atoms with Gasteiger partial charge in [0.15, 0.2) is 6.10 Å². The van der Waals surface area contributed by atoms with E-state index >= 15 is 0 Å². The summed E-state index contributed by atoms with van der Waals surface area (Å²) in [6, 6.07) is 0. The summed E-state index contributed by atoms with van der Waals surface area (Å²) >= 11 is 0. The normalized spacial score (nSPS) is 12.7. The van der Waals surface area contributed by atoms with Gasteiger partial charge in [0.25, 0.3) is 0 Å². The summed E-state index contributed by atoms with van der Waals surface area (Å²) in [5.74, 6) is -1.40. The second kappa shape index (κ2) is 5.85. The Morgan fingerprint density at radius 3 is 1.58 bits per heavy atom. The minimum Gasteiger partial charge on any atom is -0.479 e. The minimum absolute atomic E-state index is 0.727. The lowest BCUT2D eigenvalue weighted by Gasteiger charge is -1.95. The van der Waals surface area contributed by atoms with Crippen molar-refractivity contribution in [2.75, 3.05) is 6.61 Å². The van der Waals surface area contributed by atoms with Crippen molar-refractivity contribution >= 4 is 16.4 Å². The van der Waals surface area contributed by atoms with Gasteiger partial charge in [0.05, 0.1) is 6.61 Å². The Morgan fingerprint density at radius 2 is 1.58 bits per heavy atom. The zero-order valence-corrected chi connectivity index (χ0v) is 6.47. The van der Waals surface area contributed by atoms with Crippen molar-refractivity contribution in [2.24, 2.45) is 0 Å². The molecule has 12 heavy (non-hydrogen) atoms. The zero-order chi connectivity index (χ0) is 10.4. The molecular weight excluding hydrogens is 196 g/mol. The number of carboxylic acids is 1. The highest BCUT2D eigenvalue weighted by Crippen LogP contribution is 1.75. The monoisotopic (exact) mass is 204 g/mol. The van der Waals surface area contributed by atoms with Gasteiger partial charge >= 0.3 is 16.4 Å². The van der Waals surface area contributed by atoms with Crippen LogP contribution in [0.5, 0.6) is 0 Å². The molecule has 0 saturated heterocycles. The van der Waals surface area contributed by atoms with Crippen LogP contribution >= 0.6 is 0 Å². The van der Waals surface area contributed by atoms with Crippen LogP contribution in [0.15, 0.2) is 0 Å². The van der Waals surface area contributed by atoms with Crippen molar-refractivity contribution in [1.29, 1.82) is 0 Å². The lowest BCUT2D eigenvalue weighted by atomic mass is 10.4. The van der Waals surface area contributed by atoms with Crippen molar-refractivity contribution in [1.82, 2.24) is 0 Å². The molecule has 8 nitrogen and oxygen atoms in total. The van der Waals surface area contributed by atoms with Crippen LogP contribution in [0.2, 0.25) is 0 Å². The van der Waals surface area contributed by atoms with E-state index < -0.39 is 29.1 Å². The fourth-order valence-corrected chi connectivity index (χ4v) is 0.0781. The van der Waals surface area contributed by atoms with E-state index in [2.05, 4.69) is 0 Å². The SMILES string of the molecule is O=C(O)C(O)CO.O=S(=O)(O)O. The Kier molecular flexibility index (Phi) is 6.74. The molecule has 0 radical (unpaired) electrons. The van der Waals surface area contributed by atoms with Crippen LogP contribution in [0, 0.1) is 0 Å². The maximum absolute atomic E-state index is 9.52. The van der Waals surface area contributed by atoms with Gasteiger partial charge in [0, 0.05) is 0 Å². The van der Waals surface area contributed by atoms with E-state index in [0.717, 1.165) is 0 Å². The quantitative estimate of drug-likeness (QED) is 0.317. The predicted molar refractivity (Wildman–Crippen MR) is 34.9 cm³/mol. The molecule has 0 aliphatic rings. The van der Waals surface area contributed by atoms with Crippen molar-refractivity contribution in [2.45, 2.75) is 6.10 Å². The van der Waals surface area contributed by atoms with Gasteiger partial charge in [-0.15, -0.1) is 0 Å². The average Bonchev–Trinajstić information content (AvgIpc) is 1.82. The number of carboxylic acid groups (broad SMARTS) is 1. The molecule has 0 fully saturated rings. The van der Waals surface area contributed by atoms with Gasteiger partial charge in [0.2, 0.25) is 0 Å². The second-order valence-electron chi connectivity index (χ2n) is 1.48. The fourth-order valence-electron chi connectivity index (χ4n) is 0.0781. The largest absolute Gasteiger partial charge is 0.479 e. The Bertz CT molecular complexity index is 208. The molecule has 0 aliphatic heterocycles. The van der Waals surface area contributed by atoms with E-state index in [4.69, 9.17) is 32.8 Å². The molecule has 1 atom stereocenters. The third kappa shape index (κ3) is 22.8. The zero-order valence-electron chi connectivity index (χ0n) is 5.65. The van der Waals surface area contributed by atoms with Gasteiger partial charge in [-0.05, 0) is 0 Å². The standard InChI is InChI=1S/C3H6O4.H2O4S/c4-1-2(5)3(6)7;1-5(2,3)4/h2,4-5H,1H2,(H,6,7);(H2,1,2,3,4). The van der Waals surface area contributed by atoms with Gasteiger partial charge in [-0.3, -0.25) is 9.11 Å². The third-order valence-corrected chi connectivity index (χ3v) is 0.458. The van der Waals surface area contributed by atoms with Crippen LogP contribution in [-0.4, -0.2) is 51.5 Å². The average molecular weight is 204 g/mol. The molecule has 0 saturated carbocycles. The van der Waals surface area contributed by atoms with Crippen LogP contribution in [-0.2, 0) is 15.2 Å². The summed E-state index contributed by atoms with van der Waals surface area (Å²) in [6.07, 6.45) is -1.63. The summed E-state index contributed by atoms with van der Waals surface area (Å²) in [5.41, 5.74) is 0. The van der Waals surface area contributed by atoms with Gasteiger partial charge in [-0.25, -0.2) is 4.79 Å². The van der Waals surface area contributed by atoms with Crippen molar-refractivity contribution in [3.05, 3.63) is 0 Å². The fraction of sp³-hybridized carbons (Fsp3) is 0.667. The number of carbonyl (C=O) groups is 1. The Labute approximate surface area is 67.7 Å². The van der Waals surface area contributed by atoms with E-state index in [9.17, 15) is 4.79 Å². The molecule has 0 spiro atoms. The molecule has 0 rings (SSSR count). The first-order chi connectivity index (χ1) is 5.18. The van der Waals surface area contributed by atoms with Crippen molar-refractivity contribution in [3.8, 4) is 0 Å². The molecule has 5 N–H and O–H groups in total. The third-order valence-electron chi connectivity index (χ3n) is 0.458. The highest BCUT2D eigenvalue weighted by molar-refractivity contribution is 7.79. The van der Waals surface area contributed by atoms with Gasteiger partial charge in [0.1, 0.15) is 0 Å². The first-order valence-electron chi connectivity index (χ1n) is 2.40. The summed E-state index contributed by atoms with van der Waals surface area (Å²) < 4.78 is 31.6. The van der Waals surface area contributed by atoms with E-state index in [0.29, 0.717) is 0 Å². The topological polar surface area (TPSA) is 152 Å². The summed E-state index contributed by atoms with van der Waals surface area (Å²) in [5, 5.41) is 23.7. The van der Waals surface area contributed by atoms with Crippen LogP contribution in [0.1, 0.15) is 0 Å². The molecule has 1 unspecified atom stereocenters. The number of aliphatic hydroxyl groups is 2. The van der Waals surface area contributed by atoms with Crippen LogP contribution in [0.4, 0.5) is 0 Å². The lowest BCUT2D eigenvalue weighted by molar-refractivity contribution is -0.148. The summed E-state index contributed by atoms with van der Waals surface area (Å²) in [4.78, 5) is 9.52. The summed E-state index contributed by atoms with van der Waals surface area (Å²) in [6.45, 7) is -0.727. The number of hydrogen-bond acceptors (Lipinski definition) is 5. The van der Waals surface area contributed by atoms with Gasteiger partial charge in [-0.2, -0.15) is 8.42 Å². The molecule has 0 aliphatic carbocycles. The highest BCUT2D eigenvalue weighted by atomic mass is 32.3. The van der Waals surface area contributed by atoms with E-state index in [1.807, 2.05) is 0 Å². The maximum atomic E-state index is 9.52. The van der Waals surface area contributed by atoms with Crippen LogP contribution < -0.4 is 0 Å². The second-order valence-corrected chi connectivity index (χ2v) is 2.38. The maximum Gasteiger partial charge on any atom is 0.394 e. The Morgan fingerprint density at radius 1 is 1.33 bits per heavy atom. The first kappa shape index (κ1) is 13.8. The van der Waals surface area contributed by atoms with Crippen LogP contribution in [0.25, 0.3) is 0 Å². The number of aliphatic hydroxyl groups excluding tert-OH is 2. The van der Waals surface area contributed by atoms with E-state index in [1.165, 1.54) is 0 Å². The van der Waals surface area contributed by atoms with Gasteiger partial charge in [-0.1, -0.05) is 0 Å². The molecule has 0 aromatic carbocycles. The smallest absolute Gasteiger partial charge is 0.394 e. The highest BCUT2D eigenvalue weighted by Gasteiger charge is 2.08. The Balaban J connectivity index is 0. The summed E-state index contributed by atoms with van der Waals surface area (Å²) in [7, 11) is -4.67. The molecule has 0 heterocycles. The number of hydrogen-bond donors (Lipinski definition) is 5. The molecule has 0 amide bonds. The van der Waals surface area contributed by atoms with E-state index in [1.54, 1.807) is 0 Å². The van der Waals surface area contributed by atoms with Crippen LogP contribution in [0.3, 0.4) is 0 Å². The van der Waals surface area contributed by atoms with Crippen molar-refractivity contribution in [3.63, 3.8) is 0 Å². The Hall–Kier alpha value is -0.740. The molecule has 0 aromatic rings. The van der Waals surface area contributed by atoms with Crippen molar-refractivity contribution < 1.29 is 37.6 Å². The number of rotatable bonds is 2. The van der Waals surface area contributed by atoms with E-state index in [-0.39, 0.29) is 0 Å².